The van der Waals surface area contributed by atoms with E-state index in [9.17, 15) is 4.79 Å². The highest BCUT2D eigenvalue weighted by Crippen LogP contribution is 2.37. The molecule has 0 aliphatic heterocycles. The molecule has 0 aliphatic rings. The summed E-state index contributed by atoms with van der Waals surface area (Å²) >= 11 is 11.9. The third kappa shape index (κ3) is 2.41. The van der Waals surface area contributed by atoms with E-state index < -0.39 is 0 Å². The van der Waals surface area contributed by atoms with E-state index in [0.29, 0.717) is 26.7 Å². The monoisotopic (exact) mass is 321 g/mol. The maximum absolute atomic E-state index is 11.9. The number of rotatable bonds is 2. The Hall–Kier alpha value is -2.24. The van der Waals surface area contributed by atoms with Crippen LogP contribution < -0.4 is 11.2 Å². The average molecular weight is 322 g/mol. The maximum Gasteiger partial charge on any atom is 0.192 e. The van der Waals surface area contributed by atoms with E-state index in [1.54, 1.807) is 18.2 Å². The SMILES string of the molecule is Nc1noc(-c2c[nH]ccc2=O)c1-c1ccc(Cl)c(Cl)c1. The number of nitrogens with two attached hydrogens (primary N) is 1. The minimum atomic E-state index is -0.203. The van der Waals surface area contributed by atoms with Gasteiger partial charge in [0.1, 0.15) is 0 Å². The van der Waals surface area contributed by atoms with E-state index in [2.05, 4.69) is 10.1 Å². The molecule has 2 aromatic heterocycles. The van der Waals surface area contributed by atoms with Gasteiger partial charge in [-0.3, -0.25) is 4.79 Å². The summed E-state index contributed by atoms with van der Waals surface area (Å²) in [6.07, 6.45) is 3.06. The molecule has 5 nitrogen and oxygen atoms in total. The summed E-state index contributed by atoms with van der Waals surface area (Å²) in [7, 11) is 0. The zero-order valence-corrected chi connectivity index (χ0v) is 12.1. The van der Waals surface area contributed by atoms with Gasteiger partial charge in [0.2, 0.25) is 0 Å². The fraction of sp³-hybridized carbons (Fsp3) is 0. The number of H-pyrrole nitrogens is 1. The van der Waals surface area contributed by atoms with Gasteiger partial charge >= 0.3 is 0 Å². The van der Waals surface area contributed by atoms with Gasteiger partial charge in [-0.25, -0.2) is 0 Å². The van der Waals surface area contributed by atoms with Gasteiger partial charge in [0.15, 0.2) is 17.0 Å². The number of hydrogen-bond acceptors (Lipinski definition) is 4. The van der Waals surface area contributed by atoms with Crippen LogP contribution in [0.3, 0.4) is 0 Å². The first kappa shape index (κ1) is 13.7. The average Bonchev–Trinajstić information content (AvgIpc) is 2.84. The Morgan fingerprint density at radius 3 is 2.71 bits per heavy atom. The zero-order chi connectivity index (χ0) is 15.0. The van der Waals surface area contributed by atoms with Gasteiger partial charge in [0, 0.05) is 18.5 Å². The minimum absolute atomic E-state index is 0.173. The molecule has 3 N–H and O–H groups in total. The van der Waals surface area contributed by atoms with Crippen molar-refractivity contribution in [2.24, 2.45) is 0 Å². The number of nitrogens with one attached hydrogen (secondary N) is 1. The first-order chi connectivity index (χ1) is 10.1. The molecule has 3 rings (SSSR count). The highest BCUT2D eigenvalue weighted by atomic mass is 35.5. The Kier molecular flexibility index (Phi) is 3.45. The molecule has 2 heterocycles. The van der Waals surface area contributed by atoms with Crippen LogP contribution in [0.4, 0.5) is 5.82 Å². The normalized spacial score (nSPS) is 10.8. The van der Waals surface area contributed by atoms with Crippen LogP contribution in [0.2, 0.25) is 10.0 Å². The Morgan fingerprint density at radius 1 is 1.19 bits per heavy atom. The Labute approximate surface area is 129 Å². The molecule has 0 saturated heterocycles. The summed E-state index contributed by atoms with van der Waals surface area (Å²) in [6.45, 7) is 0. The zero-order valence-electron chi connectivity index (χ0n) is 10.6. The topological polar surface area (TPSA) is 84.9 Å². The van der Waals surface area contributed by atoms with Crippen molar-refractivity contribution in [2.75, 3.05) is 5.73 Å². The van der Waals surface area contributed by atoms with Crippen LogP contribution in [-0.4, -0.2) is 10.1 Å². The molecule has 1 aromatic carbocycles. The summed E-state index contributed by atoms with van der Waals surface area (Å²) in [5, 5.41) is 4.54. The quantitative estimate of drug-likeness (QED) is 0.755. The highest BCUT2D eigenvalue weighted by molar-refractivity contribution is 6.42. The molecule has 0 aliphatic carbocycles. The predicted octanol–water partition coefficient (Wildman–Crippen LogP) is 3.59. The second-order valence-electron chi connectivity index (χ2n) is 4.32. The van der Waals surface area contributed by atoms with Crippen molar-refractivity contribution >= 4 is 29.0 Å². The molecule has 0 unspecified atom stereocenters. The fourth-order valence-electron chi connectivity index (χ4n) is 2.01. The van der Waals surface area contributed by atoms with Crippen LogP contribution in [0.25, 0.3) is 22.5 Å². The molecule has 0 amide bonds. The van der Waals surface area contributed by atoms with Crippen molar-refractivity contribution in [3.63, 3.8) is 0 Å². The van der Waals surface area contributed by atoms with E-state index in [0.717, 1.165) is 0 Å². The molecule has 0 bridgehead atoms. The van der Waals surface area contributed by atoms with Crippen LogP contribution in [0.1, 0.15) is 0 Å². The molecular weight excluding hydrogens is 313 g/mol. The second kappa shape index (κ2) is 5.27. The molecule has 0 fully saturated rings. The molecule has 3 aromatic rings. The van der Waals surface area contributed by atoms with Gasteiger partial charge in [-0.1, -0.05) is 34.4 Å². The number of nitrogen functional groups attached to an aromatic ring is 1. The maximum atomic E-state index is 11.9. The van der Waals surface area contributed by atoms with E-state index in [1.807, 2.05) is 0 Å². The summed E-state index contributed by atoms with van der Waals surface area (Å²) in [5.41, 5.74) is 7.16. The number of halogens is 2. The lowest BCUT2D eigenvalue weighted by Gasteiger charge is -2.04. The number of anilines is 1. The largest absolute Gasteiger partial charge is 0.380 e. The van der Waals surface area contributed by atoms with Crippen molar-refractivity contribution in [3.8, 4) is 22.5 Å². The van der Waals surface area contributed by atoms with E-state index in [1.165, 1.54) is 18.5 Å². The smallest absolute Gasteiger partial charge is 0.192 e. The van der Waals surface area contributed by atoms with Crippen molar-refractivity contribution in [1.82, 2.24) is 10.1 Å². The van der Waals surface area contributed by atoms with Crippen molar-refractivity contribution in [2.45, 2.75) is 0 Å². The first-order valence-electron chi connectivity index (χ1n) is 5.96. The first-order valence-corrected chi connectivity index (χ1v) is 6.71. The molecule has 0 atom stereocenters. The van der Waals surface area contributed by atoms with Crippen LogP contribution in [0.15, 0.2) is 46.0 Å². The number of hydrogen-bond donors (Lipinski definition) is 2. The lowest BCUT2D eigenvalue weighted by Crippen LogP contribution is -2.02. The van der Waals surface area contributed by atoms with Gasteiger partial charge in [-0.2, -0.15) is 0 Å². The predicted molar refractivity (Wildman–Crippen MR) is 82.4 cm³/mol. The Bertz CT molecular complexity index is 871. The molecular formula is C14H9Cl2N3O2. The standard InChI is InChI=1S/C14H9Cl2N3O2/c15-9-2-1-7(5-10(9)16)12-13(21-19-14(12)17)8-6-18-4-3-11(8)20/h1-6H,(H2,17,19)(H,18,20). The van der Waals surface area contributed by atoms with Gasteiger partial charge in [-0.15, -0.1) is 0 Å². The Balaban J connectivity index is 2.25. The summed E-state index contributed by atoms with van der Waals surface area (Å²) in [5.74, 6) is 0.458. The van der Waals surface area contributed by atoms with Gasteiger partial charge in [0.05, 0.1) is 21.2 Å². The van der Waals surface area contributed by atoms with Crippen molar-refractivity contribution in [3.05, 3.63) is 56.9 Å². The molecule has 0 spiro atoms. The fourth-order valence-corrected chi connectivity index (χ4v) is 2.31. The molecule has 0 saturated carbocycles. The number of aromatic amines is 1. The second-order valence-corrected chi connectivity index (χ2v) is 5.14. The van der Waals surface area contributed by atoms with Crippen LogP contribution >= 0.6 is 23.2 Å². The summed E-state index contributed by atoms with van der Waals surface area (Å²) in [4.78, 5) is 14.8. The summed E-state index contributed by atoms with van der Waals surface area (Å²) < 4.78 is 5.22. The molecule has 7 heteroatoms. The highest BCUT2D eigenvalue weighted by Gasteiger charge is 2.20. The lowest BCUT2D eigenvalue weighted by atomic mass is 10.0. The summed E-state index contributed by atoms with van der Waals surface area (Å²) in [6, 6.07) is 6.42. The van der Waals surface area contributed by atoms with Gasteiger partial charge < -0.3 is 15.2 Å². The Morgan fingerprint density at radius 2 is 2.00 bits per heavy atom. The van der Waals surface area contributed by atoms with Gasteiger partial charge in [-0.05, 0) is 17.7 Å². The van der Waals surface area contributed by atoms with E-state index in [-0.39, 0.29) is 17.0 Å². The third-order valence-corrected chi connectivity index (χ3v) is 3.73. The number of pyridine rings is 1. The van der Waals surface area contributed by atoms with Crippen LogP contribution in [0, 0.1) is 0 Å². The third-order valence-electron chi connectivity index (χ3n) is 3.00. The number of aromatic nitrogens is 2. The minimum Gasteiger partial charge on any atom is -0.380 e. The number of benzene rings is 1. The van der Waals surface area contributed by atoms with Crippen molar-refractivity contribution < 1.29 is 4.52 Å². The van der Waals surface area contributed by atoms with E-state index >= 15 is 0 Å². The van der Waals surface area contributed by atoms with Crippen LogP contribution in [-0.2, 0) is 0 Å². The van der Waals surface area contributed by atoms with E-state index in [4.69, 9.17) is 33.5 Å². The van der Waals surface area contributed by atoms with Crippen LogP contribution in [0.5, 0.6) is 0 Å². The lowest BCUT2D eigenvalue weighted by molar-refractivity contribution is 0.435. The molecule has 21 heavy (non-hydrogen) atoms. The number of nitrogens with zero attached hydrogens (tertiary/aromatic N) is 1. The van der Waals surface area contributed by atoms with Crippen molar-refractivity contribution in [1.29, 1.82) is 0 Å². The molecule has 0 radical (unpaired) electrons. The van der Waals surface area contributed by atoms with Gasteiger partial charge in [0.25, 0.3) is 0 Å². The molecule has 106 valence electrons.